The largest absolute Gasteiger partial charge is 0.493 e. The first kappa shape index (κ1) is 28.0. The van der Waals surface area contributed by atoms with Crippen LogP contribution < -0.4 is 9.47 Å². The molecule has 1 unspecified atom stereocenters. The van der Waals surface area contributed by atoms with Crippen LogP contribution in [0.4, 0.5) is 0 Å². The zero-order chi connectivity index (χ0) is 27.2. The SMILES string of the molecule is CCOC(=O)C(c1ccccc1)N1C(=O)/C(=C/c2ccc(OCc3c(Cl)cccc3Cl)c(OC)c2)SC1=S. The van der Waals surface area contributed by atoms with Crippen LogP contribution in [0.3, 0.4) is 0 Å². The molecule has 0 radical (unpaired) electrons. The summed E-state index contributed by atoms with van der Waals surface area (Å²) in [5.41, 5.74) is 1.98. The summed E-state index contributed by atoms with van der Waals surface area (Å²) >= 11 is 19.1. The van der Waals surface area contributed by atoms with Gasteiger partial charge in [-0.1, -0.05) is 89.6 Å². The predicted molar refractivity (Wildman–Crippen MR) is 155 cm³/mol. The quantitative estimate of drug-likeness (QED) is 0.150. The van der Waals surface area contributed by atoms with Gasteiger partial charge < -0.3 is 14.2 Å². The molecule has 0 saturated carbocycles. The van der Waals surface area contributed by atoms with Crippen molar-refractivity contribution in [1.82, 2.24) is 4.90 Å². The maximum Gasteiger partial charge on any atom is 0.333 e. The normalized spacial score (nSPS) is 15.1. The molecule has 1 atom stereocenters. The molecule has 3 aromatic rings. The summed E-state index contributed by atoms with van der Waals surface area (Å²) in [5, 5.41) is 1.01. The Morgan fingerprint density at radius 2 is 1.76 bits per heavy atom. The highest BCUT2D eigenvalue weighted by Crippen LogP contribution is 2.40. The number of benzene rings is 3. The minimum Gasteiger partial charge on any atom is -0.493 e. The number of rotatable bonds is 9. The molecule has 196 valence electrons. The van der Waals surface area contributed by atoms with Gasteiger partial charge in [-0.25, -0.2) is 4.79 Å². The second kappa shape index (κ2) is 12.7. The van der Waals surface area contributed by atoms with E-state index in [-0.39, 0.29) is 23.4 Å². The highest BCUT2D eigenvalue weighted by atomic mass is 35.5. The molecule has 1 saturated heterocycles. The van der Waals surface area contributed by atoms with Gasteiger partial charge in [0.1, 0.15) is 10.9 Å². The molecule has 10 heteroatoms. The van der Waals surface area contributed by atoms with E-state index in [9.17, 15) is 9.59 Å². The Morgan fingerprint density at radius 3 is 2.42 bits per heavy atom. The van der Waals surface area contributed by atoms with Gasteiger partial charge in [0.15, 0.2) is 17.5 Å². The number of carbonyl (C=O) groups excluding carboxylic acids is 2. The molecule has 0 aromatic heterocycles. The van der Waals surface area contributed by atoms with Crippen LogP contribution in [0.25, 0.3) is 6.08 Å². The first-order chi connectivity index (χ1) is 18.3. The van der Waals surface area contributed by atoms with Gasteiger partial charge in [-0.2, -0.15) is 0 Å². The predicted octanol–water partition coefficient (Wildman–Crippen LogP) is 7.09. The minimum atomic E-state index is -0.975. The van der Waals surface area contributed by atoms with E-state index >= 15 is 0 Å². The molecule has 6 nitrogen and oxygen atoms in total. The lowest BCUT2D eigenvalue weighted by atomic mass is 10.1. The number of hydrogen-bond donors (Lipinski definition) is 0. The number of thiocarbonyl (C=S) groups is 1. The number of carbonyl (C=O) groups is 2. The van der Waals surface area contributed by atoms with Crippen molar-refractivity contribution in [2.75, 3.05) is 13.7 Å². The van der Waals surface area contributed by atoms with E-state index < -0.39 is 12.0 Å². The molecule has 1 aliphatic rings. The Balaban J connectivity index is 1.58. The fourth-order valence-corrected chi connectivity index (χ4v) is 5.63. The average Bonchev–Trinajstić information content (AvgIpc) is 3.17. The van der Waals surface area contributed by atoms with Crippen LogP contribution in [-0.4, -0.2) is 34.8 Å². The molecule has 3 aromatic carbocycles. The van der Waals surface area contributed by atoms with Crippen LogP contribution in [0.5, 0.6) is 11.5 Å². The topological polar surface area (TPSA) is 65.1 Å². The maximum absolute atomic E-state index is 13.4. The van der Waals surface area contributed by atoms with E-state index in [4.69, 9.17) is 49.6 Å². The third kappa shape index (κ3) is 6.15. The monoisotopic (exact) mass is 587 g/mol. The molecule has 1 fully saturated rings. The lowest BCUT2D eigenvalue weighted by molar-refractivity contribution is -0.151. The molecule has 4 rings (SSSR count). The number of esters is 1. The standard InChI is InChI=1S/C28H23Cl2NO5S2/c1-3-35-27(33)25(18-8-5-4-6-9-18)31-26(32)24(38-28(31)37)15-17-12-13-22(23(14-17)34-2)36-16-19-20(29)10-7-11-21(19)30/h4-15,25H,3,16H2,1-2H3/b24-15-. The number of halogens is 2. The fourth-order valence-electron chi connectivity index (χ4n) is 3.81. The lowest BCUT2D eigenvalue weighted by Gasteiger charge is -2.25. The Bertz CT molecular complexity index is 1380. The molecule has 0 bridgehead atoms. The lowest BCUT2D eigenvalue weighted by Crippen LogP contribution is -2.38. The number of methoxy groups -OCH3 is 1. The molecule has 0 spiro atoms. The van der Waals surface area contributed by atoms with E-state index in [1.165, 1.54) is 12.0 Å². The molecule has 0 N–H and O–H groups in total. The highest BCUT2D eigenvalue weighted by Gasteiger charge is 2.42. The van der Waals surface area contributed by atoms with Crippen molar-refractivity contribution < 1.29 is 23.8 Å². The van der Waals surface area contributed by atoms with Gasteiger partial charge in [-0.15, -0.1) is 0 Å². The van der Waals surface area contributed by atoms with E-state index in [0.29, 0.717) is 43.1 Å². The molecular weight excluding hydrogens is 565 g/mol. The number of nitrogens with zero attached hydrogens (tertiary/aromatic N) is 1. The Labute approximate surface area is 240 Å². The van der Waals surface area contributed by atoms with Crippen LogP contribution in [0, 0.1) is 0 Å². The minimum absolute atomic E-state index is 0.154. The first-order valence-electron chi connectivity index (χ1n) is 11.6. The van der Waals surface area contributed by atoms with Gasteiger partial charge in [0.05, 0.1) is 18.6 Å². The zero-order valence-corrected chi connectivity index (χ0v) is 23.6. The van der Waals surface area contributed by atoms with Gasteiger partial charge in [-0.3, -0.25) is 9.69 Å². The van der Waals surface area contributed by atoms with Crippen LogP contribution >= 0.6 is 47.2 Å². The number of ether oxygens (including phenoxy) is 3. The Hall–Kier alpha value is -3.04. The van der Waals surface area contributed by atoms with Gasteiger partial charge >= 0.3 is 5.97 Å². The smallest absolute Gasteiger partial charge is 0.333 e. The van der Waals surface area contributed by atoms with Gasteiger partial charge in [-0.05, 0) is 48.4 Å². The van der Waals surface area contributed by atoms with Crippen molar-refractivity contribution in [3.8, 4) is 11.5 Å². The van der Waals surface area contributed by atoms with Crippen LogP contribution in [-0.2, 0) is 20.9 Å². The maximum atomic E-state index is 13.4. The number of amides is 1. The van der Waals surface area contributed by atoms with Crippen molar-refractivity contribution in [2.45, 2.75) is 19.6 Å². The Morgan fingerprint density at radius 1 is 1.05 bits per heavy atom. The molecule has 1 amide bonds. The van der Waals surface area contributed by atoms with Crippen molar-refractivity contribution in [2.24, 2.45) is 0 Å². The Kier molecular flexibility index (Phi) is 9.33. The van der Waals surface area contributed by atoms with E-state index in [2.05, 4.69) is 0 Å². The van der Waals surface area contributed by atoms with Crippen molar-refractivity contribution in [3.05, 3.63) is 98.4 Å². The summed E-state index contributed by atoms with van der Waals surface area (Å²) in [4.78, 5) is 28.0. The first-order valence-corrected chi connectivity index (χ1v) is 13.5. The molecular formula is C28H23Cl2NO5S2. The highest BCUT2D eigenvalue weighted by molar-refractivity contribution is 8.26. The fraction of sp³-hybridized carbons (Fsp3) is 0.179. The molecule has 1 aliphatic heterocycles. The summed E-state index contributed by atoms with van der Waals surface area (Å²) in [6.07, 6.45) is 1.70. The van der Waals surface area contributed by atoms with Gasteiger partial charge in [0.2, 0.25) is 0 Å². The second-order valence-electron chi connectivity index (χ2n) is 8.02. The molecule has 0 aliphatic carbocycles. The van der Waals surface area contributed by atoms with Gasteiger partial charge in [0.25, 0.3) is 5.91 Å². The zero-order valence-electron chi connectivity index (χ0n) is 20.5. The summed E-state index contributed by atoms with van der Waals surface area (Å²) in [7, 11) is 1.53. The summed E-state index contributed by atoms with van der Waals surface area (Å²) < 4.78 is 17.0. The van der Waals surface area contributed by atoms with Crippen LogP contribution in [0.1, 0.15) is 29.7 Å². The van der Waals surface area contributed by atoms with Crippen molar-refractivity contribution in [3.63, 3.8) is 0 Å². The number of thioether (sulfide) groups is 1. The molecule has 1 heterocycles. The summed E-state index contributed by atoms with van der Waals surface area (Å²) in [5.74, 6) is 0.0262. The second-order valence-corrected chi connectivity index (χ2v) is 10.5. The van der Waals surface area contributed by atoms with E-state index in [0.717, 1.165) is 11.8 Å². The van der Waals surface area contributed by atoms with Crippen LogP contribution in [0.2, 0.25) is 10.0 Å². The third-order valence-electron chi connectivity index (χ3n) is 5.63. The van der Waals surface area contributed by atoms with E-state index in [1.54, 1.807) is 73.7 Å². The third-order valence-corrected chi connectivity index (χ3v) is 7.66. The number of hydrogen-bond acceptors (Lipinski definition) is 7. The molecule has 38 heavy (non-hydrogen) atoms. The van der Waals surface area contributed by atoms with Crippen LogP contribution in [0.15, 0.2) is 71.6 Å². The van der Waals surface area contributed by atoms with Crippen molar-refractivity contribution in [1.29, 1.82) is 0 Å². The van der Waals surface area contributed by atoms with E-state index in [1.807, 2.05) is 6.07 Å². The van der Waals surface area contributed by atoms with Gasteiger partial charge in [0, 0.05) is 15.6 Å². The van der Waals surface area contributed by atoms with Crippen molar-refractivity contribution >= 4 is 69.5 Å². The average molecular weight is 589 g/mol. The summed E-state index contributed by atoms with van der Waals surface area (Å²) in [6, 6.07) is 18.5. The summed E-state index contributed by atoms with van der Waals surface area (Å²) in [6.45, 7) is 2.05.